The number of aromatic nitrogens is 2. The second-order valence-electron chi connectivity index (χ2n) is 7.62. The van der Waals surface area contributed by atoms with Gasteiger partial charge in [-0.3, -0.25) is 14.2 Å². The van der Waals surface area contributed by atoms with Crippen molar-refractivity contribution in [3.05, 3.63) is 45.9 Å². The van der Waals surface area contributed by atoms with E-state index in [0.717, 1.165) is 28.1 Å². The van der Waals surface area contributed by atoms with Gasteiger partial charge in [-0.2, -0.15) is 0 Å². The number of thioether (sulfide) groups is 1. The molecule has 2 atom stereocenters. The van der Waals surface area contributed by atoms with Crippen LogP contribution in [0.1, 0.15) is 33.1 Å². The van der Waals surface area contributed by atoms with Gasteiger partial charge in [0.15, 0.2) is 5.16 Å². The molecule has 5 nitrogen and oxygen atoms in total. The molecule has 8 heteroatoms. The van der Waals surface area contributed by atoms with Gasteiger partial charge in [0, 0.05) is 34.4 Å². The van der Waals surface area contributed by atoms with Crippen molar-refractivity contribution in [2.24, 2.45) is 0 Å². The van der Waals surface area contributed by atoms with Crippen molar-refractivity contribution in [3.8, 4) is 10.4 Å². The first kappa shape index (κ1) is 21.3. The molecular weight excluding hydrogens is 434 g/mol. The summed E-state index contributed by atoms with van der Waals surface area (Å²) in [5, 5.41) is 5.24. The maximum Gasteiger partial charge on any atom is 0.263 e. The molecule has 0 aliphatic carbocycles. The summed E-state index contributed by atoms with van der Waals surface area (Å²) in [6, 6.07) is 4.53. The minimum Gasteiger partial charge on any atom is -0.337 e. The topological polar surface area (TPSA) is 55.2 Å². The molecule has 1 fully saturated rings. The fourth-order valence-corrected chi connectivity index (χ4v) is 6.81. The lowest BCUT2D eigenvalue weighted by atomic mass is 9.98. The number of thiophene rings is 2. The first-order valence-corrected chi connectivity index (χ1v) is 12.9. The van der Waals surface area contributed by atoms with E-state index in [1.165, 1.54) is 29.5 Å². The summed E-state index contributed by atoms with van der Waals surface area (Å²) in [5.41, 5.74) is 0.864. The SMILES string of the molecule is C=CCn1c(SCC(=O)N2C(C)CCCC2C)nc2scc(-c3cccs3)c2c1=O. The molecule has 158 valence electrons. The molecule has 0 saturated carbocycles. The van der Waals surface area contributed by atoms with Gasteiger partial charge in [-0.1, -0.05) is 23.9 Å². The van der Waals surface area contributed by atoms with Crippen LogP contribution in [0, 0.1) is 0 Å². The molecule has 3 aromatic heterocycles. The molecule has 1 amide bonds. The number of allylic oxidation sites excluding steroid dienone is 1. The van der Waals surface area contributed by atoms with Crippen LogP contribution in [0.25, 0.3) is 20.7 Å². The van der Waals surface area contributed by atoms with E-state index in [1.807, 2.05) is 27.8 Å². The van der Waals surface area contributed by atoms with E-state index < -0.39 is 0 Å². The van der Waals surface area contributed by atoms with Gasteiger partial charge < -0.3 is 4.90 Å². The Morgan fingerprint density at radius 3 is 2.77 bits per heavy atom. The van der Waals surface area contributed by atoms with Crippen molar-refractivity contribution in [1.82, 2.24) is 14.5 Å². The minimum absolute atomic E-state index is 0.0702. The number of rotatable bonds is 6. The van der Waals surface area contributed by atoms with Crippen LogP contribution >= 0.6 is 34.4 Å². The zero-order valence-electron chi connectivity index (χ0n) is 17.2. The summed E-state index contributed by atoms with van der Waals surface area (Å²) in [6.45, 7) is 8.41. The quantitative estimate of drug-likeness (QED) is 0.287. The second-order valence-corrected chi connectivity index (χ2v) is 10.4. The summed E-state index contributed by atoms with van der Waals surface area (Å²) in [6.07, 6.45) is 4.97. The van der Waals surface area contributed by atoms with E-state index in [2.05, 4.69) is 20.4 Å². The lowest BCUT2D eigenvalue weighted by Gasteiger charge is -2.39. The highest BCUT2D eigenvalue weighted by atomic mass is 32.2. The molecule has 1 aliphatic rings. The third kappa shape index (κ3) is 4.00. The predicted molar refractivity (Wildman–Crippen MR) is 128 cm³/mol. The number of likely N-dealkylation sites (tertiary alicyclic amines) is 1. The molecule has 4 rings (SSSR count). The Bertz CT molecular complexity index is 1110. The number of carbonyl (C=O) groups is 1. The Morgan fingerprint density at radius 2 is 2.10 bits per heavy atom. The van der Waals surface area contributed by atoms with Crippen LogP contribution in [0.2, 0.25) is 0 Å². The Labute approximate surface area is 188 Å². The highest BCUT2D eigenvalue weighted by molar-refractivity contribution is 7.99. The molecular formula is C22H25N3O2S3. The number of carbonyl (C=O) groups excluding carboxylic acids is 1. The van der Waals surface area contributed by atoms with Gasteiger partial charge >= 0.3 is 0 Å². The standard InChI is InChI=1S/C22H25N3O2S3/c1-4-10-24-21(27)19-16(17-9-6-11-28-17)12-29-20(19)23-22(24)30-13-18(26)25-14(2)7-5-8-15(25)3/h4,6,9,11-12,14-15H,1,5,7-8,10,13H2,2-3H3. The van der Waals surface area contributed by atoms with Gasteiger partial charge in [-0.25, -0.2) is 4.98 Å². The van der Waals surface area contributed by atoms with Crippen LogP contribution in [0.4, 0.5) is 0 Å². The van der Waals surface area contributed by atoms with Crippen molar-refractivity contribution in [2.75, 3.05) is 5.75 Å². The molecule has 0 spiro atoms. The lowest BCUT2D eigenvalue weighted by Crippen LogP contribution is -2.48. The number of hydrogen-bond donors (Lipinski definition) is 0. The number of fused-ring (bicyclic) bond motifs is 1. The maximum atomic E-state index is 13.3. The Hall–Kier alpha value is -1.90. The third-order valence-electron chi connectivity index (χ3n) is 5.56. The zero-order valence-corrected chi connectivity index (χ0v) is 19.6. The summed E-state index contributed by atoms with van der Waals surface area (Å²) in [7, 11) is 0. The molecule has 4 heterocycles. The molecule has 2 unspecified atom stereocenters. The zero-order chi connectivity index (χ0) is 21.3. The van der Waals surface area contributed by atoms with Crippen LogP contribution in [0.3, 0.4) is 0 Å². The van der Waals surface area contributed by atoms with E-state index >= 15 is 0 Å². The molecule has 0 N–H and O–H groups in total. The number of piperidine rings is 1. The van der Waals surface area contributed by atoms with Crippen molar-refractivity contribution in [2.45, 2.75) is 56.9 Å². The number of amides is 1. The Kier molecular flexibility index (Phi) is 6.46. The summed E-state index contributed by atoms with van der Waals surface area (Å²) < 4.78 is 1.64. The van der Waals surface area contributed by atoms with Crippen LogP contribution < -0.4 is 5.56 Å². The van der Waals surface area contributed by atoms with Gasteiger partial charge in [0.25, 0.3) is 5.56 Å². The number of nitrogens with zero attached hydrogens (tertiary/aromatic N) is 3. The normalized spacial score (nSPS) is 19.3. The smallest absolute Gasteiger partial charge is 0.263 e. The van der Waals surface area contributed by atoms with E-state index in [9.17, 15) is 9.59 Å². The van der Waals surface area contributed by atoms with Crippen molar-refractivity contribution in [3.63, 3.8) is 0 Å². The molecule has 1 saturated heterocycles. The van der Waals surface area contributed by atoms with Gasteiger partial charge in [-0.15, -0.1) is 29.3 Å². The van der Waals surface area contributed by atoms with Crippen molar-refractivity contribution in [1.29, 1.82) is 0 Å². The number of hydrogen-bond acceptors (Lipinski definition) is 6. The lowest BCUT2D eigenvalue weighted by molar-refractivity contribution is -0.134. The van der Waals surface area contributed by atoms with Crippen molar-refractivity contribution >= 4 is 50.6 Å². The molecule has 1 aliphatic heterocycles. The maximum absolute atomic E-state index is 13.3. The summed E-state index contributed by atoms with van der Waals surface area (Å²) >= 11 is 4.44. The summed E-state index contributed by atoms with van der Waals surface area (Å²) in [4.78, 5) is 34.8. The van der Waals surface area contributed by atoms with Gasteiger partial charge in [0.2, 0.25) is 5.91 Å². The minimum atomic E-state index is -0.0702. The molecule has 0 bridgehead atoms. The fourth-order valence-electron chi connectivity index (χ4n) is 4.13. The van der Waals surface area contributed by atoms with Crippen LogP contribution in [-0.2, 0) is 11.3 Å². The Balaban J connectivity index is 1.65. The summed E-state index contributed by atoms with van der Waals surface area (Å²) in [5.74, 6) is 0.400. The largest absolute Gasteiger partial charge is 0.337 e. The first-order valence-electron chi connectivity index (χ1n) is 10.1. The first-order chi connectivity index (χ1) is 14.5. The molecule has 0 aromatic carbocycles. The van der Waals surface area contributed by atoms with E-state index in [-0.39, 0.29) is 29.3 Å². The van der Waals surface area contributed by atoms with E-state index in [4.69, 9.17) is 4.98 Å². The van der Waals surface area contributed by atoms with Crippen LogP contribution in [-0.4, -0.2) is 38.2 Å². The molecule has 0 radical (unpaired) electrons. The van der Waals surface area contributed by atoms with Gasteiger partial charge in [0.05, 0.1) is 11.1 Å². The highest BCUT2D eigenvalue weighted by Gasteiger charge is 2.29. The van der Waals surface area contributed by atoms with Crippen LogP contribution in [0.5, 0.6) is 0 Å². The van der Waals surface area contributed by atoms with Crippen LogP contribution in [0.15, 0.2) is 45.5 Å². The monoisotopic (exact) mass is 459 g/mol. The second kappa shape index (κ2) is 9.08. The van der Waals surface area contributed by atoms with E-state index in [0.29, 0.717) is 17.1 Å². The average molecular weight is 460 g/mol. The highest BCUT2D eigenvalue weighted by Crippen LogP contribution is 2.34. The molecule has 3 aromatic rings. The Morgan fingerprint density at radius 1 is 1.33 bits per heavy atom. The average Bonchev–Trinajstić information content (AvgIpc) is 3.38. The van der Waals surface area contributed by atoms with Gasteiger partial charge in [0.1, 0.15) is 4.83 Å². The van der Waals surface area contributed by atoms with E-state index in [1.54, 1.807) is 22.0 Å². The van der Waals surface area contributed by atoms with Crippen molar-refractivity contribution < 1.29 is 4.79 Å². The van der Waals surface area contributed by atoms with Gasteiger partial charge in [-0.05, 0) is 44.6 Å². The molecule has 30 heavy (non-hydrogen) atoms. The third-order valence-corrected chi connectivity index (χ3v) is 8.30. The predicted octanol–water partition coefficient (Wildman–Crippen LogP) is 5.25. The fraction of sp³-hybridized carbons (Fsp3) is 0.409.